The minimum absolute atomic E-state index is 0.0665. The molecule has 0 aromatic heterocycles. The van der Waals surface area contributed by atoms with Crippen LogP contribution in [-0.4, -0.2) is 72.8 Å². The molecule has 61 heavy (non-hydrogen) atoms. The maximum atomic E-state index is 12.1. The van der Waals surface area contributed by atoms with Crippen molar-refractivity contribution in [1.29, 1.82) is 0 Å². The standard InChI is InChI=1S/C28H43N4O24P5/c33-27(49-21-23-9-13-25(14-10-23)31(35)36)29-17-5-1-3-7-19-51-57(39,40)53-59(43,44)55-61(47,48)56-60(45,46)54-58(41,42)52-20-8-4-2-6-18-30-28(34)50-22-24-11-15-26(16-12-24)32(37)38/h9-16H,1-8,17-22H2,(H,29,33)(H,30,34)(H,39,40)(H,41,42)(H,43,44)(H,45,46)(H,47,48). The molecule has 28 nitrogen and oxygen atoms in total. The van der Waals surface area contributed by atoms with Crippen molar-refractivity contribution >= 4 is 62.7 Å². The molecule has 7 N–H and O–H groups in total. The van der Waals surface area contributed by atoms with Crippen molar-refractivity contribution in [3.8, 4) is 0 Å². The van der Waals surface area contributed by atoms with E-state index in [0.717, 1.165) is 0 Å². The number of phosphoric ester groups is 2. The molecule has 0 saturated carbocycles. The monoisotopic (exact) mass is 974 g/mol. The zero-order valence-corrected chi connectivity index (χ0v) is 36.1. The maximum absolute atomic E-state index is 12.1. The summed E-state index contributed by atoms with van der Waals surface area (Å²) in [4.78, 5) is 92.2. The van der Waals surface area contributed by atoms with Crippen LogP contribution in [-0.2, 0) is 71.8 Å². The van der Waals surface area contributed by atoms with Crippen LogP contribution in [0.3, 0.4) is 0 Å². The number of unbranched alkanes of at least 4 members (excludes halogenated alkanes) is 6. The maximum Gasteiger partial charge on any atom is 0.490 e. The average molecular weight is 975 g/mol. The fraction of sp³-hybridized carbons (Fsp3) is 0.500. The van der Waals surface area contributed by atoms with Gasteiger partial charge in [-0.1, -0.05) is 25.7 Å². The molecule has 0 saturated heterocycles. The van der Waals surface area contributed by atoms with Crippen LogP contribution in [0.2, 0.25) is 0 Å². The van der Waals surface area contributed by atoms with Gasteiger partial charge in [0.25, 0.3) is 11.4 Å². The van der Waals surface area contributed by atoms with Gasteiger partial charge >= 0.3 is 51.3 Å². The largest absolute Gasteiger partial charge is 0.490 e. The summed E-state index contributed by atoms with van der Waals surface area (Å²) in [5, 5.41) is 26.3. The van der Waals surface area contributed by atoms with Crippen molar-refractivity contribution in [2.45, 2.75) is 64.6 Å². The van der Waals surface area contributed by atoms with Crippen LogP contribution in [0.5, 0.6) is 0 Å². The highest BCUT2D eigenvalue weighted by atomic mass is 31.3. The Morgan fingerprint density at radius 3 is 1.10 bits per heavy atom. The fourth-order valence-electron chi connectivity index (χ4n) is 4.34. The summed E-state index contributed by atoms with van der Waals surface area (Å²) in [5.74, 6) is 0. The highest BCUT2D eigenvalue weighted by Gasteiger charge is 2.48. The molecule has 0 radical (unpaired) electrons. The van der Waals surface area contributed by atoms with Crippen LogP contribution >= 0.6 is 39.1 Å². The van der Waals surface area contributed by atoms with Crippen molar-refractivity contribution in [3.63, 3.8) is 0 Å². The van der Waals surface area contributed by atoms with E-state index in [1.807, 2.05) is 0 Å². The molecule has 2 aromatic rings. The molecule has 0 heterocycles. The van der Waals surface area contributed by atoms with E-state index in [1.54, 1.807) is 0 Å². The van der Waals surface area contributed by atoms with Gasteiger partial charge in [-0.15, -0.1) is 0 Å². The number of rotatable bonds is 30. The van der Waals surface area contributed by atoms with E-state index >= 15 is 0 Å². The van der Waals surface area contributed by atoms with Crippen LogP contribution in [0, 0.1) is 20.2 Å². The molecule has 0 fully saturated rings. The molecule has 33 heteroatoms. The fourth-order valence-corrected chi connectivity index (χ4v) is 10.8. The molecule has 0 bridgehead atoms. The first-order chi connectivity index (χ1) is 28.4. The predicted octanol–water partition coefficient (Wildman–Crippen LogP) is 6.38. The lowest BCUT2D eigenvalue weighted by atomic mass is 10.2. The van der Waals surface area contributed by atoms with Crippen molar-refractivity contribution < 1.29 is 102 Å². The summed E-state index contributed by atoms with van der Waals surface area (Å²) in [6.45, 7) is -1.03. The highest BCUT2D eigenvalue weighted by Crippen LogP contribution is 2.73. The summed E-state index contributed by atoms with van der Waals surface area (Å²) in [5.41, 5.74) is 0.794. The van der Waals surface area contributed by atoms with Gasteiger partial charge in [-0.05, 0) is 61.1 Å². The first-order valence-electron chi connectivity index (χ1n) is 17.4. The van der Waals surface area contributed by atoms with E-state index in [4.69, 9.17) is 9.47 Å². The Morgan fingerprint density at radius 1 is 0.492 bits per heavy atom. The number of alkyl carbamates (subject to hydrolysis) is 2. The topological polar surface area (TPSA) is 405 Å². The third-order valence-corrected chi connectivity index (χ3v) is 14.7. The molecule has 0 aliphatic carbocycles. The predicted molar refractivity (Wildman–Crippen MR) is 205 cm³/mol. The number of benzene rings is 2. The quantitative estimate of drug-likeness (QED) is 0.0193. The van der Waals surface area contributed by atoms with Gasteiger partial charge in [-0.25, -0.2) is 32.4 Å². The Hall–Kier alpha value is -3.51. The Kier molecular flexibility index (Phi) is 22.5. The number of carbonyl (C=O) groups is 2. The van der Waals surface area contributed by atoms with Gasteiger partial charge in [-0.3, -0.25) is 29.3 Å². The molecule has 2 rings (SSSR count). The third-order valence-electron chi connectivity index (χ3n) is 7.05. The summed E-state index contributed by atoms with van der Waals surface area (Å²) >= 11 is 0. The number of hydrogen-bond donors (Lipinski definition) is 7. The molecule has 2 aromatic carbocycles. The number of carbonyl (C=O) groups excluding carboxylic acids is 2. The SMILES string of the molecule is O=C(NCCCCCCOP(=O)(O)OP(=O)(O)OP(=O)(O)OP(=O)(O)OP(=O)(O)OCCCCCCNC(=O)OCc1ccc([N+](=O)[O-])cc1)OCc1ccc([N+](=O)[O-])cc1. The number of nitro groups is 2. The Morgan fingerprint density at radius 2 is 0.787 bits per heavy atom. The minimum atomic E-state index is -6.24. The van der Waals surface area contributed by atoms with Gasteiger partial charge in [0.1, 0.15) is 13.2 Å². The molecule has 2 amide bonds. The van der Waals surface area contributed by atoms with E-state index in [0.29, 0.717) is 49.7 Å². The first kappa shape index (κ1) is 53.6. The molecular weight excluding hydrogens is 931 g/mol. The normalized spacial score (nSPS) is 16.3. The van der Waals surface area contributed by atoms with Gasteiger partial charge in [0, 0.05) is 37.4 Å². The molecule has 0 spiro atoms. The lowest BCUT2D eigenvalue weighted by Crippen LogP contribution is -2.25. The number of phosphoric acid groups is 5. The summed E-state index contributed by atoms with van der Waals surface area (Å²) in [7, 11) is -29.4. The van der Waals surface area contributed by atoms with Gasteiger partial charge in [0.15, 0.2) is 0 Å². The van der Waals surface area contributed by atoms with E-state index in [-0.39, 0.29) is 50.5 Å². The number of hydrogen-bond acceptors (Lipinski definition) is 19. The van der Waals surface area contributed by atoms with Crippen LogP contribution in [0.15, 0.2) is 48.5 Å². The minimum Gasteiger partial charge on any atom is -0.445 e. The molecule has 4 unspecified atom stereocenters. The smallest absolute Gasteiger partial charge is 0.445 e. The molecule has 4 atom stereocenters. The van der Waals surface area contributed by atoms with E-state index in [2.05, 4.69) is 36.9 Å². The summed E-state index contributed by atoms with van der Waals surface area (Å²) in [6.07, 6.45) is 1.03. The third kappa shape index (κ3) is 24.6. The average Bonchev–Trinajstić information content (AvgIpc) is 3.13. The van der Waals surface area contributed by atoms with Crippen molar-refractivity contribution in [3.05, 3.63) is 79.9 Å². The molecule has 0 aliphatic rings. The second-order valence-electron chi connectivity index (χ2n) is 12.0. The van der Waals surface area contributed by atoms with Crippen LogP contribution in [0.1, 0.15) is 62.5 Å². The Labute approximate surface area is 346 Å². The van der Waals surface area contributed by atoms with Crippen LogP contribution < -0.4 is 10.6 Å². The summed E-state index contributed by atoms with van der Waals surface area (Å²) < 4.78 is 94.4. The van der Waals surface area contributed by atoms with E-state index in [1.165, 1.54) is 48.5 Å². The van der Waals surface area contributed by atoms with Gasteiger partial charge in [-0.2, -0.15) is 17.2 Å². The van der Waals surface area contributed by atoms with Crippen molar-refractivity contribution in [2.75, 3.05) is 26.3 Å². The van der Waals surface area contributed by atoms with E-state index < -0.39 is 74.4 Å². The van der Waals surface area contributed by atoms with Gasteiger partial charge in [0.05, 0.1) is 23.1 Å². The van der Waals surface area contributed by atoms with Crippen LogP contribution in [0.4, 0.5) is 21.0 Å². The number of non-ortho nitro benzene ring substituents is 2. The van der Waals surface area contributed by atoms with Gasteiger partial charge < -0.3 is 44.6 Å². The first-order valence-corrected chi connectivity index (χ1v) is 24.9. The molecule has 344 valence electrons. The molecular formula is C28H43N4O24P5. The number of ether oxygens (including phenoxy) is 2. The second kappa shape index (κ2) is 25.6. The van der Waals surface area contributed by atoms with Crippen LogP contribution in [0.25, 0.3) is 0 Å². The number of nitrogens with one attached hydrogen (secondary N) is 2. The second-order valence-corrected chi connectivity index (χ2v) is 19.8. The Bertz CT molecular complexity index is 1870. The lowest BCUT2D eigenvalue weighted by molar-refractivity contribution is -0.385. The van der Waals surface area contributed by atoms with Crippen molar-refractivity contribution in [1.82, 2.24) is 10.6 Å². The summed E-state index contributed by atoms with van der Waals surface area (Å²) in [6, 6.07) is 10.7. The van der Waals surface area contributed by atoms with E-state index in [9.17, 15) is 77.1 Å². The zero-order valence-electron chi connectivity index (χ0n) is 31.6. The Balaban J connectivity index is 1.58. The zero-order chi connectivity index (χ0) is 45.7. The van der Waals surface area contributed by atoms with Crippen molar-refractivity contribution in [2.24, 2.45) is 0 Å². The lowest BCUT2D eigenvalue weighted by Gasteiger charge is -2.20. The van der Waals surface area contributed by atoms with Gasteiger partial charge in [0.2, 0.25) is 0 Å². The molecule has 0 aliphatic heterocycles. The highest BCUT2D eigenvalue weighted by molar-refractivity contribution is 7.71. The number of amides is 2. The number of nitrogens with zero attached hydrogens (tertiary/aromatic N) is 2. The number of nitro benzene ring substituents is 2.